The molecule has 0 aliphatic rings. The Morgan fingerprint density at radius 3 is 2.67 bits per heavy atom. The number of nitrogens with zero attached hydrogens (tertiary/aromatic N) is 2. The van der Waals surface area contributed by atoms with Gasteiger partial charge in [0, 0.05) is 18.2 Å². The Hall–Kier alpha value is -1.85. The molecule has 0 bridgehead atoms. The van der Waals surface area contributed by atoms with Crippen LogP contribution in [0.1, 0.15) is 28.4 Å². The third-order valence-electron chi connectivity index (χ3n) is 3.69. The van der Waals surface area contributed by atoms with Crippen molar-refractivity contribution >= 4 is 0 Å². The molecule has 1 atom stereocenters. The molecular weight excluding hydrogens is 266 g/mol. The summed E-state index contributed by atoms with van der Waals surface area (Å²) in [6.07, 6.45) is 0. The molecule has 3 N–H and O–H groups in total. The first kappa shape index (κ1) is 15.5. The van der Waals surface area contributed by atoms with E-state index < -0.39 is 0 Å². The lowest BCUT2D eigenvalue weighted by atomic mass is 9.91. The number of nitrogens with two attached hydrogens (primary N) is 1. The lowest BCUT2D eigenvalue weighted by Crippen LogP contribution is -2.20. The van der Waals surface area contributed by atoms with E-state index in [9.17, 15) is 5.11 Å². The van der Waals surface area contributed by atoms with Crippen LogP contribution < -0.4 is 10.5 Å². The van der Waals surface area contributed by atoms with Crippen molar-refractivity contribution in [2.75, 3.05) is 20.3 Å². The third kappa shape index (κ3) is 3.25. The predicted octanol–water partition coefficient (Wildman–Crippen LogP) is 1.59. The van der Waals surface area contributed by atoms with Crippen LogP contribution in [-0.4, -0.2) is 35.1 Å². The Kier molecular flexibility index (Phi) is 4.98. The Morgan fingerprint density at radius 1 is 1.33 bits per heavy atom. The molecule has 0 aliphatic heterocycles. The maximum Gasteiger partial charge on any atom is 0.119 e. The molecule has 1 unspecified atom stereocenters. The van der Waals surface area contributed by atoms with Crippen molar-refractivity contribution < 1.29 is 9.84 Å². The van der Waals surface area contributed by atoms with Gasteiger partial charge < -0.3 is 15.6 Å². The number of benzene rings is 1. The zero-order chi connectivity index (χ0) is 15.4. The van der Waals surface area contributed by atoms with Gasteiger partial charge >= 0.3 is 0 Å². The van der Waals surface area contributed by atoms with Crippen molar-refractivity contribution in [1.82, 2.24) is 9.78 Å². The van der Waals surface area contributed by atoms with Crippen molar-refractivity contribution in [3.05, 3.63) is 46.8 Å². The van der Waals surface area contributed by atoms with Crippen LogP contribution in [0.3, 0.4) is 0 Å². The summed E-state index contributed by atoms with van der Waals surface area (Å²) in [5.41, 5.74) is 10.3. The van der Waals surface area contributed by atoms with E-state index in [0.717, 1.165) is 28.3 Å². The zero-order valence-electron chi connectivity index (χ0n) is 12.8. The maximum absolute atomic E-state index is 9.19. The molecule has 21 heavy (non-hydrogen) atoms. The van der Waals surface area contributed by atoms with E-state index in [-0.39, 0.29) is 12.5 Å². The van der Waals surface area contributed by atoms with Gasteiger partial charge in [0.1, 0.15) is 5.75 Å². The van der Waals surface area contributed by atoms with Gasteiger partial charge in [0.05, 0.1) is 26.0 Å². The van der Waals surface area contributed by atoms with Crippen LogP contribution in [0.15, 0.2) is 24.3 Å². The van der Waals surface area contributed by atoms with Gasteiger partial charge in [-0.1, -0.05) is 6.07 Å². The van der Waals surface area contributed by atoms with Crippen LogP contribution in [0.4, 0.5) is 0 Å². The molecule has 0 amide bonds. The van der Waals surface area contributed by atoms with Crippen molar-refractivity contribution in [2.24, 2.45) is 5.73 Å². The molecule has 0 saturated carbocycles. The summed E-state index contributed by atoms with van der Waals surface area (Å²) in [5, 5.41) is 13.6. The topological polar surface area (TPSA) is 73.3 Å². The first-order chi connectivity index (χ1) is 10.1. The fraction of sp³-hybridized carbons (Fsp3) is 0.438. The standard InChI is InChI=1S/C16H23N3O2/c1-11-8-13(21-3)4-5-14(11)15(10-17)16-9-12(2)18-19(16)6-7-20/h4-5,8-9,15,20H,6-7,10,17H2,1-3H3. The number of aromatic nitrogens is 2. The van der Waals surface area contributed by atoms with Crippen molar-refractivity contribution in [3.63, 3.8) is 0 Å². The van der Waals surface area contributed by atoms with Gasteiger partial charge in [-0.2, -0.15) is 5.10 Å². The highest BCUT2D eigenvalue weighted by Gasteiger charge is 2.20. The molecule has 1 aromatic carbocycles. The van der Waals surface area contributed by atoms with Gasteiger partial charge in [-0.3, -0.25) is 4.68 Å². The molecule has 2 rings (SSSR count). The Morgan fingerprint density at radius 2 is 2.10 bits per heavy atom. The van der Waals surface area contributed by atoms with Crippen LogP contribution in [-0.2, 0) is 6.54 Å². The smallest absolute Gasteiger partial charge is 0.119 e. The van der Waals surface area contributed by atoms with Gasteiger partial charge in [0.2, 0.25) is 0 Å². The quantitative estimate of drug-likeness (QED) is 0.847. The molecule has 114 valence electrons. The monoisotopic (exact) mass is 289 g/mol. The van der Waals surface area contributed by atoms with Crippen LogP contribution >= 0.6 is 0 Å². The van der Waals surface area contributed by atoms with E-state index in [0.29, 0.717) is 13.1 Å². The summed E-state index contributed by atoms with van der Waals surface area (Å²) in [5.74, 6) is 0.899. The first-order valence-electron chi connectivity index (χ1n) is 7.10. The molecule has 5 heteroatoms. The third-order valence-corrected chi connectivity index (χ3v) is 3.69. The molecular formula is C16H23N3O2. The van der Waals surface area contributed by atoms with Crippen LogP contribution in [0.5, 0.6) is 5.75 Å². The number of ether oxygens (including phenoxy) is 1. The highest BCUT2D eigenvalue weighted by molar-refractivity contribution is 5.40. The molecule has 1 aromatic heterocycles. The first-order valence-corrected chi connectivity index (χ1v) is 7.10. The molecule has 1 heterocycles. The van der Waals surface area contributed by atoms with Crippen molar-refractivity contribution in [1.29, 1.82) is 0 Å². The van der Waals surface area contributed by atoms with Gasteiger partial charge in [-0.25, -0.2) is 0 Å². The fourth-order valence-electron chi connectivity index (χ4n) is 2.69. The number of hydrogen-bond donors (Lipinski definition) is 2. The molecule has 0 fully saturated rings. The number of aryl methyl sites for hydroxylation is 2. The average molecular weight is 289 g/mol. The van der Waals surface area contributed by atoms with Crippen LogP contribution in [0.25, 0.3) is 0 Å². The summed E-state index contributed by atoms with van der Waals surface area (Å²) >= 11 is 0. The summed E-state index contributed by atoms with van der Waals surface area (Å²) in [7, 11) is 1.66. The van der Waals surface area contributed by atoms with Gasteiger partial charge in [0.15, 0.2) is 0 Å². The zero-order valence-corrected chi connectivity index (χ0v) is 12.8. The molecule has 2 aromatic rings. The van der Waals surface area contributed by atoms with Crippen LogP contribution in [0, 0.1) is 13.8 Å². The summed E-state index contributed by atoms with van der Waals surface area (Å²) in [6.45, 7) is 5.04. The maximum atomic E-state index is 9.19. The number of rotatable bonds is 6. The minimum absolute atomic E-state index is 0.0589. The highest BCUT2D eigenvalue weighted by atomic mass is 16.5. The number of hydrogen-bond acceptors (Lipinski definition) is 4. The Labute approximate surface area is 125 Å². The van der Waals surface area contributed by atoms with E-state index in [1.807, 2.05) is 29.8 Å². The number of methoxy groups -OCH3 is 1. The fourth-order valence-corrected chi connectivity index (χ4v) is 2.69. The number of aliphatic hydroxyl groups is 1. The van der Waals surface area contributed by atoms with E-state index in [2.05, 4.69) is 18.1 Å². The Bertz CT molecular complexity index is 608. The second-order valence-corrected chi connectivity index (χ2v) is 5.17. The molecule has 0 aliphatic carbocycles. The van der Waals surface area contributed by atoms with Gasteiger partial charge in [0.25, 0.3) is 0 Å². The predicted molar refractivity (Wildman–Crippen MR) is 82.7 cm³/mol. The van der Waals surface area contributed by atoms with Gasteiger partial charge in [-0.15, -0.1) is 0 Å². The molecule has 0 saturated heterocycles. The number of aliphatic hydroxyl groups excluding tert-OH is 1. The van der Waals surface area contributed by atoms with E-state index in [1.54, 1.807) is 7.11 Å². The average Bonchev–Trinajstić information content (AvgIpc) is 2.82. The summed E-state index contributed by atoms with van der Waals surface area (Å²) in [4.78, 5) is 0. The van der Waals surface area contributed by atoms with E-state index >= 15 is 0 Å². The summed E-state index contributed by atoms with van der Waals surface area (Å²) in [6, 6.07) is 8.05. The summed E-state index contributed by atoms with van der Waals surface area (Å²) < 4.78 is 7.10. The minimum Gasteiger partial charge on any atom is -0.497 e. The lowest BCUT2D eigenvalue weighted by molar-refractivity contribution is 0.266. The van der Waals surface area contributed by atoms with Gasteiger partial charge in [-0.05, 0) is 43.2 Å². The Balaban J connectivity index is 2.44. The minimum atomic E-state index is 0.0589. The van der Waals surface area contributed by atoms with E-state index in [4.69, 9.17) is 10.5 Å². The SMILES string of the molecule is COc1ccc(C(CN)c2cc(C)nn2CCO)c(C)c1. The lowest BCUT2D eigenvalue weighted by Gasteiger charge is -2.19. The molecule has 5 nitrogen and oxygen atoms in total. The van der Waals surface area contributed by atoms with Crippen LogP contribution in [0.2, 0.25) is 0 Å². The highest BCUT2D eigenvalue weighted by Crippen LogP contribution is 2.29. The second kappa shape index (κ2) is 6.74. The largest absolute Gasteiger partial charge is 0.497 e. The molecule has 0 spiro atoms. The van der Waals surface area contributed by atoms with E-state index in [1.165, 1.54) is 0 Å². The van der Waals surface area contributed by atoms with Crippen molar-refractivity contribution in [2.45, 2.75) is 26.3 Å². The second-order valence-electron chi connectivity index (χ2n) is 5.17. The van der Waals surface area contributed by atoms with Crippen molar-refractivity contribution in [3.8, 4) is 5.75 Å². The molecule has 0 radical (unpaired) electrons. The normalized spacial score (nSPS) is 12.4.